The first kappa shape index (κ1) is 12.8. The van der Waals surface area contributed by atoms with E-state index in [4.69, 9.17) is 11.6 Å². The maximum Gasteiger partial charge on any atom is 0.0839 e. The van der Waals surface area contributed by atoms with Gasteiger partial charge in [-0.15, -0.1) is 18.2 Å². The van der Waals surface area contributed by atoms with E-state index >= 15 is 0 Å². The molecule has 1 nitrogen and oxygen atoms in total. The van der Waals surface area contributed by atoms with Crippen LogP contribution in [0, 0.1) is 0 Å². The van der Waals surface area contributed by atoms with Gasteiger partial charge in [0.1, 0.15) is 0 Å². The lowest BCUT2D eigenvalue weighted by molar-refractivity contribution is 0.947. The minimum absolute atomic E-state index is 0.117. The highest BCUT2D eigenvalue weighted by Gasteiger charge is 2.13. The van der Waals surface area contributed by atoms with Crippen molar-refractivity contribution in [3.63, 3.8) is 0 Å². The van der Waals surface area contributed by atoms with Crippen LogP contribution in [0.15, 0.2) is 61.4 Å². The zero-order chi connectivity index (χ0) is 12.8. The highest BCUT2D eigenvalue weighted by Crippen LogP contribution is 2.30. The maximum absolute atomic E-state index is 6.56. The van der Waals surface area contributed by atoms with Crippen LogP contribution in [-0.4, -0.2) is 4.98 Å². The first-order valence-electron chi connectivity index (χ1n) is 6.05. The number of benzene rings is 1. The Morgan fingerprint density at radius 1 is 1.22 bits per heavy atom. The molecule has 0 aliphatic heterocycles. The molecule has 2 heteroatoms. The van der Waals surface area contributed by atoms with E-state index in [-0.39, 0.29) is 5.38 Å². The first-order chi connectivity index (χ1) is 8.83. The molecule has 0 radical (unpaired) electrons. The minimum Gasteiger partial charge on any atom is -0.264 e. The summed E-state index contributed by atoms with van der Waals surface area (Å²) >= 11 is 6.56. The summed E-state index contributed by atoms with van der Waals surface area (Å²) in [5.41, 5.74) is 3.45. The third-order valence-corrected chi connectivity index (χ3v) is 3.41. The monoisotopic (exact) mass is 257 g/mol. The highest BCUT2D eigenvalue weighted by molar-refractivity contribution is 6.22. The molecule has 0 bridgehead atoms. The Hall–Kier alpha value is -1.60. The number of alkyl halides is 1. The summed E-state index contributed by atoms with van der Waals surface area (Å²) in [6.45, 7) is 3.76. The van der Waals surface area contributed by atoms with Crippen LogP contribution in [0.25, 0.3) is 0 Å². The van der Waals surface area contributed by atoms with Crippen molar-refractivity contribution in [3.8, 4) is 0 Å². The molecule has 92 valence electrons. The Bertz CT molecular complexity index is 508. The molecule has 1 unspecified atom stereocenters. The molecule has 1 atom stereocenters. The van der Waals surface area contributed by atoms with E-state index in [0.29, 0.717) is 0 Å². The van der Waals surface area contributed by atoms with E-state index < -0.39 is 0 Å². The van der Waals surface area contributed by atoms with Crippen LogP contribution in [0.3, 0.4) is 0 Å². The minimum atomic E-state index is -0.117. The van der Waals surface area contributed by atoms with Crippen molar-refractivity contribution in [1.29, 1.82) is 0 Å². The van der Waals surface area contributed by atoms with Crippen LogP contribution in [-0.2, 0) is 6.42 Å². The fourth-order valence-electron chi connectivity index (χ4n) is 1.95. The predicted octanol–water partition coefficient (Wildman–Crippen LogP) is 4.53. The topological polar surface area (TPSA) is 12.9 Å². The smallest absolute Gasteiger partial charge is 0.0839 e. The Kier molecular flexibility index (Phi) is 4.54. The molecule has 1 aromatic heterocycles. The Labute approximate surface area is 113 Å². The van der Waals surface area contributed by atoms with E-state index in [1.54, 1.807) is 6.20 Å². The van der Waals surface area contributed by atoms with Gasteiger partial charge in [-0.3, -0.25) is 4.98 Å². The van der Waals surface area contributed by atoms with Gasteiger partial charge >= 0.3 is 0 Å². The number of pyridine rings is 1. The molecule has 2 rings (SSSR count). The van der Waals surface area contributed by atoms with Crippen molar-refractivity contribution in [1.82, 2.24) is 4.98 Å². The van der Waals surface area contributed by atoms with Crippen LogP contribution in [0.4, 0.5) is 0 Å². The van der Waals surface area contributed by atoms with E-state index in [0.717, 1.165) is 24.0 Å². The molecule has 1 heterocycles. The summed E-state index contributed by atoms with van der Waals surface area (Å²) in [5, 5.41) is -0.117. The average molecular weight is 258 g/mol. The molecule has 0 aliphatic carbocycles. The van der Waals surface area contributed by atoms with Crippen molar-refractivity contribution in [3.05, 3.63) is 78.1 Å². The summed E-state index contributed by atoms with van der Waals surface area (Å²) in [7, 11) is 0. The summed E-state index contributed by atoms with van der Waals surface area (Å²) < 4.78 is 0. The maximum atomic E-state index is 6.56. The lowest BCUT2D eigenvalue weighted by Gasteiger charge is -2.14. The van der Waals surface area contributed by atoms with Gasteiger partial charge in [0, 0.05) is 12.4 Å². The van der Waals surface area contributed by atoms with Gasteiger partial charge in [-0.1, -0.05) is 36.4 Å². The van der Waals surface area contributed by atoms with Crippen molar-refractivity contribution >= 4 is 11.6 Å². The second kappa shape index (κ2) is 6.36. The van der Waals surface area contributed by atoms with Crippen LogP contribution in [0.1, 0.15) is 28.5 Å². The zero-order valence-corrected chi connectivity index (χ0v) is 11.0. The van der Waals surface area contributed by atoms with Crippen LogP contribution in [0.5, 0.6) is 0 Å². The molecule has 18 heavy (non-hydrogen) atoms. The van der Waals surface area contributed by atoms with E-state index in [1.165, 1.54) is 5.56 Å². The Morgan fingerprint density at radius 2 is 2.00 bits per heavy atom. The Balaban J connectivity index is 2.29. The number of rotatable bonds is 5. The average Bonchev–Trinajstić information content (AvgIpc) is 2.45. The molecule has 0 spiro atoms. The summed E-state index contributed by atoms with van der Waals surface area (Å²) in [5.74, 6) is 0. The molecule has 0 aliphatic rings. The lowest BCUT2D eigenvalue weighted by Crippen LogP contribution is -1.99. The lowest BCUT2D eigenvalue weighted by atomic mass is 9.98. The number of aryl methyl sites for hydroxylation is 1. The Morgan fingerprint density at radius 3 is 2.72 bits per heavy atom. The zero-order valence-electron chi connectivity index (χ0n) is 10.2. The second-order valence-corrected chi connectivity index (χ2v) is 4.61. The number of hydrogen-bond acceptors (Lipinski definition) is 1. The largest absolute Gasteiger partial charge is 0.264 e. The van der Waals surface area contributed by atoms with Crippen LogP contribution < -0.4 is 0 Å². The fraction of sp³-hybridized carbons (Fsp3) is 0.188. The van der Waals surface area contributed by atoms with Crippen molar-refractivity contribution in [2.24, 2.45) is 0 Å². The molecule has 1 aromatic carbocycles. The molecular weight excluding hydrogens is 242 g/mol. The van der Waals surface area contributed by atoms with Gasteiger partial charge in [0.15, 0.2) is 0 Å². The van der Waals surface area contributed by atoms with Gasteiger partial charge in [-0.25, -0.2) is 0 Å². The predicted molar refractivity (Wildman–Crippen MR) is 76.9 cm³/mol. The third-order valence-electron chi connectivity index (χ3n) is 2.92. The number of hydrogen-bond donors (Lipinski definition) is 0. The van der Waals surface area contributed by atoms with Crippen molar-refractivity contribution < 1.29 is 0 Å². The van der Waals surface area contributed by atoms with Gasteiger partial charge < -0.3 is 0 Å². The number of halogens is 1. The van der Waals surface area contributed by atoms with Crippen LogP contribution >= 0.6 is 11.6 Å². The number of aromatic nitrogens is 1. The van der Waals surface area contributed by atoms with Crippen molar-refractivity contribution in [2.45, 2.75) is 18.2 Å². The van der Waals surface area contributed by atoms with Gasteiger partial charge in [-0.05, 0) is 35.6 Å². The fourth-order valence-corrected chi connectivity index (χ4v) is 2.31. The first-order valence-corrected chi connectivity index (χ1v) is 6.49. The van der Waals surface area contributed by atoms with Gasteiger partial charge in [0.2, 0.25) is 0 Å². The van der Waals surface area contributed by atoms with Gasteiger partial charge in [0.25, 0.3) is 0 Å². The number of nitrogens with zero attached hydrogens (tertiary/aromatic N) is 1. The van der Waals surface area contributed by atoms with E-state index in [1.807, 2.05) is 36.5 Å². The van der Waals surface area contributed by atoms with E-state index in [9.17, 15) is 0 Å². The van der Waals surface area contributed by atoms with Gasteiger partial charge in [-0.2, -0.15) is 0 Å². The number of allylic oxidation sites excluding steroid dienone is 1. The molecule has 0 amide bonds. The summed E-state index contributed by atoms with van der Waals surface area (Å²) in [6.07, 6.45) is 7.49. The molecular formula is C16H16ClN. The molecule has 0 saturated carbocycles. The standard InChI is InChI=1S/C16H16ClN/c1-2-3-7-14-12-18-11-10-15(14)16(17)13-8-5-4-6-9-13/h2,4-6,8-12,16H,1,3,7H2. The summed E-state index contributed by atoms with van der Waals surface area (Å²) in [4.78, 5) is 4.18. The highest BCUT2D eigenvalue weighted by atomic mass is 35.5. The van der Waals surface area contributed by atoms with E-state index in [2.05, 4.69) is 23.7 Å². The molecule has 0 N–H and O–H groups in total. The quantitative estimate of drug-likeness (QED) is 0.567. The third kappa shape index (κ3) is 2.99. The molecule has 0 saturated heterocycles. The van der Waals surface area contributed by atoms with Crippen LogP contribution in [0.2, 0.25) is 0 Å². The molecule has 2 aromatic rings. The van der Waals surface area contributed by atoms with Gasteiger partial charge in [0.05, 0.1) is 5.38 Å². The SMILES string of the molecule is C=CCCc1cnccc1C(Cl)c1ccccc1. The summed E-state index contributed by atoms with van der Waals surface area (Å²) in [6, 6.07) is 12.1. The normalized spacial score (nSPS) is 12.1. The second-order valence-electron chi connectivity index (χ2n) is 4.18. The molecule has 0 fully saturated rings. The van der Waals surface area contributed by atoms with Crippen molar-refractivity contribution in [2.75, 3.05) is 0 Å².